The molecule has 1 aliphatic rings. The van der Waals surface area contributed by atoms with E-state index in [1.807, 2.05) is 20.8 Å². The van der Waals surface area contributed by atoms with Crippen molar-refractivity contribution in [3.05, 3.63) is 0 Å². The molecule has 0 aromatic carbocycles. The van der Waals surface area contributed by atoms with Crippen LogP contribution in [-0.4, -0.2) is 34.2 Å². The van der Waals surface area contributed by atoms with Gasteiger partial charge in [0.1, 0.15) is 0 Å². The Hall–Kier alpha value is -0.150. The van der Waals surface area contributed by atoms with Gasteiger partial charge in [0.2, 0.25) is 0 Å². The SMILES string of the molecule is CC.CC1(O)CCN(C=S)CC1. The number of rotatable bonds is 1. The molecule has 0 bridgehead atoms. The number of likely N-dealkylation sites (tertiary alicyclic amines) is 1. The molecule has 0 amide bonds. The van der Waals surface area contributed by atoms with Crippen LogP contribution < -0.4 is 0 Å². The molecule has 0 aromatic heterocycles. The number of aliphatic hydroxyl groups is 1. The number of thiocarbonyl (C=S) groups is 1. The zero-order valence-electron chi connectivity index (χ0n) is 8.21. The molecule has 1 fully saturated rings. The molecule has 0 saturated carbocycles. The van der Waals surface area contributed by atoms with Crippen LogP contribution in [-0.2, 0) is 0 Å². The molecule has 12 heavy (non-hydrogen) atoms. The third-order valence-electron chi connectivity index (χ3n) is 2.02. The molecule has 1 rings (SSSR count). The molecule has 0 spiro atoms. The number of hydrogen-bond acceptors (Lipinski definition) is 2. The van der Waals surface area contributed by atoms with Crippen molar-refractivity contribution in [3.8, 4) is 0 Å². The molecule has 2 nitrogen and oxygen atoms in total. The zero-order chi connectivity index (χ0) is 9.61. The first kappa shape index (κ1) is 11.8. The topological polar surface area (TPSA) is 23.5 Å². The number of hydrogen-bond donors (Lipinski definition) is 1. The predicted octanol–water partition coefficient (Wildman–Crippen LogP) is 1.82. The summed E-state index contributed by atoms with van der Waals surface area (Å²) in [6, 6.07) is 0. The lowest BCUT2D eigenvalue weighted by atomic mass is 9.94. The smallest absolute Gasteiger partial charge is 0.0653 e. The van der Waals surface area contributed by atoms with Gasteiger partial charge in [0.25, 0.3) is 0 Å². The molecule has 0 radical (unpaired) electrons. The van der Waals surface area contributed by atoms with E-state index >= 15 is 0 Å². The van der Waals surface area contributed by atoms with Gasteiger partial charge in [0.15, 0.2) is 0 Å². The van der Waals surface area contributed by atoms with Crippen LogP contribution in [0.5, 0.6) is 0 Å². The lowest BCUT2D eigenvalue weighted by Crippen LogP contribution is -2.41. The molecule has 0 aromatic rings. The molecule has 1 N–H and O–H groups in total. The maximum Gasteiger partial charge on any atom is 0.0653 e. The summed E-state index contributed by atoms with van der Waals surface area (Å²) in [5.74, 6) is 0. The molecule has 72 valence electrons. The Balaban J connectivity index is 0.000000561. The fraction of sp³-hybridized carbons (Fsp3) is 0.889. The van der Waals surface area contributed by atoms with E-state index in [0.717, 1.165) is 25.9 Å². The minimum absolute atomic E-state index is 0.450. The summed E-state index contributed by atoms with van der Waals surface area (Å²) in [5, 5.41) is 9.51. The summed E-state index contributed by atoms with van der Waals surface area (Å²) >= 11 is 4.77. The normalized spacial score (nSPS) is 20.8. The quantitative estimate of drug-likeness (QED) is 0.636. The third kappa shape index (κ3) is 4.02. The number of nitrogens with zero attached hydrogens (tertiary/aromatic N) is 1. The zero-order valence-corrected chi connectivity index (χ0v) is 9.02. The van der Waals surface area contributed by atoms with E-state index in [4.69, 9.17) is 12.2 Å². The van der Waals surface area contributed by atoms with Crippen LogP contribution in [0.2, 0.25) is 0 Å². The van der Waals surface area contributed by atoms with Gasteiger partial charge in [0.05, 0.1) is 11.1 Å². The van der Waals surface area contributed by atoms with Crippen LogP contribution in [0.25, 0.3) is 0 Å². The van der Waals surface area contributed by atoms with Crippen molar-refractivity contribution in [2.24, 2.45) is 0 Å². The summed E-state index contributed by atoms with van der Waals surface area (Å²) in [4.78, 5) is 2.06. The Morgan fingerprint density at radius 2 is 1.75 bits per heavy atom. The lowest BCUT2D eigenvalue weighted by molar-refractivity contribution is 0.0112. The molecule has 3 heteroatoms. The van der Waals surface area contributed by atoms with Gasteiger partial charge in [-0.2, -0.15) is 0 Å². The Kier molecular flexibility index (Phi) is 5.42. The van der Waals surface area contributed by atoms with E-state index in [1.54, 1.807) is 5.49 Å². The molecular weight excluding hydrogens is 170 g/mol. The van der Waals surface area contributed by atoms with Gasteiger partial charge in [-0.3, -0.25) is 0 Å². The first-order valence-electron chi connectivity index (χ1n) is 4.56. The van der Waals surface area contributed by atoms with Crippen LogP contribution in [0, 0.1) is 0 Å². The van der Waals surface area contributed by atoms with E-state index in [1.165, 1.54) is 0 Å². The van der Waals surface area contributed by atoms with Crippen LogP contribution in [0.3, 0.4) is 0 Å². The summed E-state index contributed by atoms with van der Waals surface area (Å²) in [5.41, 5.74) is 1.23. The van der Waals surface area contributed by atoms with Gasteiger partial charge in [-0.15, -0.1) is 0 Å². The van der Waals surface area contributed by atoms with Crippen molar-refractivity contribution in [1.82, 2.24) is 4.90 Å². The molecule has 0 atom stereocenters. The third-order valence-corrected chi connectivity index (χ3v) is 2.32. The van der Waals surface area contributed by atoms with Crippen molar-refractivity contribution in [3.63, 3.8) is 0 Å². The predicted molar refractivity (Wildman–Crippen MR) is 56.4 cm³/mol. The highest BCUT2D eigenvalue weighted by atomic mass is 32.1. The van der Waals surface area contributed by atoms with Crippen molar-refractivity contribution in [2.75, 3.05) is 13.1 Å². The van der Waals surface area contributed by atoms with Crippen molar-refractivity contribution in [1.29, 1.82) is 0 Å². The summed E-state index contributed by atoms with van der Waals surface area (Å²) in [7, 11) is 0. The average molecular weight is 189 g/mol. The molecule has 1 heterocycles. The first-order valence-corrected chi connectivity index (χ1v) is 5.03. The second kappa shape index (κ2) is 5.49. The van der Waals surface area contributed by atoms with Crippen LogP contribution in [0.15, 0.2) is 0 Å². The molecular formula is C9H19NOS. The Bertz CT molecular complexity index is 126. The second-order valence-corrected chi connectivity index (χ2v) is 3.35. The minimum atomic E-state index is -0.450. The van der Waals surface area contributed by atoms with Gasteiger partial charge >= 0.3 is 0 Å². The van der Waals surface area contributed by atoms with E-state index in [-0.39, 0.29) is 0 Å². The Labute approximate surface area is 80.6 Å². The average Bonchev–Trinajstić information content (AvgIpc) is 2.08. The monoisotopic (exact) mass is 189 g/mol. The summed E-state index contributed by atoms with van der Waals surface area (Å²) in [6.45, 7) is 7.68. The highest BCUT2D eigenvalue weighted by molar-refractivity contribution is 7.78. The van der Waals surface area contributed by atoms with Crippen molar-refractivity contribution in [2.45, 2.75) is 39.2 Å². The Morgan fingerprint density at radius 3 is 2.08 bits per heavy atom. The maximum absolute atomic E-state index is 9.51. The standard InChI is InChI=1S/C7H13NOS.C2H6/c1-7(9)2-4-8(6-10)5-3-7;1-2/h6,9H,2-5H2,1H3;1-2H3. The van der Waals surface area contributed by atoms with Crippen LogP contribution in [0.4, 0.5) is 0 Å². The lowest BCUT2D eigenvalue weighted by Gasteiger charge is -2.34. The van der Waals surface area contributed by atoms with E-state index in [0.29, 0.717) is 0 Å². The summed E-state index contributed by atoms with van der Waals surface area (Å²) in [6.07, 6.45) is 1.67. The van der Waals surface area contributed by atoms with E-state index in [9.17, 15) is 5.11 Å². The Morgan fingerprint density at radius 1 is 1.33 bits per heavy atom. The fourth-order valence-corrected chi connectivity index (χ4v) is 1.32. The van der Waals surface area contributed by atoms with Gasteiger partial charge in [-0.25, -0.2) is 0 Å². The minimum Gasteiger partial charge on any atom is -0.390 e. The molecule has 0 aliphatic carbocycles. The van der Waals surface area contributed by atoms with E-state index in [2.05, 4.69) is 4.90 Å². The van der Waals surface area contributed by atoms with Gasteiger partial charge in [-0.05, 0) is 19.8 Å². The van der Waals surface area contributed by atoms with Gasteiger partial charge < -0.3 is 10.0 Å². The van der Waals surface area contributed by atoms with Gasteiger partial charge in [0, 0.05) is 13.1 Å². The maximum atomic E-state index is 9.51. The fourth-order valence-electron chi connectivity index (χ4n) is 1.11. The van der Waals surface area contributed by atoms with E-state index < -0.39 is 5.60 Å². The molecule has 1 saturated heterocycles. The van der Waals surface area contributed by atoms with Gasteiger partial charge in [-0.1, -0.05) is 26.1 Å². The van der Waals surface area contributed by atoms with Crippen molar-refractivity contribution >= 4 is 17.7 Å². The van der Waals surface area contributed by atoms with Crippen molar-refractivity contribution < 1.29 is 5.11 Å². The molecule has 0 unspecified atom stereocenters. The van der Waals surface area contributed by atoms with Crippen LogP contribution in [0.1, 0.15) is 33.6 Å². The largest absolute Gasteiger partial charge is 0.390 e. The highest BCUT2D eigenvalue weighted by Crippen LogP contribution is 2.19. The van der Waals surface area contributed by atoms with Crippen LogP contribution >= 0.6 is 12.2 Å². The first-order chi connectivity index (χ1) is 5.64. The highest BCUT2D eigenvalue weighted by Gasteiger charge is 2.25. The second-order valence-electron chi connectivity index (χ2n) is 3.14. The summed E-state index contributed by atoms with van der Waals surface area (Å²) < 4.78 is 0. The number of piperidine rings is 1. The molecule has 1 aliphatic heterocycles.